The van der Waals surface area contributed by atoms with E-state index in [0.29, 0.717) is 19.3 Å². The van der Waals surface area contributed by atoms with Crippen LogP contribution in [0.2, 0.25) is 0 Å². The molecule has 0 aromatic rings. The summed E-state index contributed by atoms with van der Waals surface area (Å²) in [5.41, 5.74) is 0. The topological polar surface area (TPSA) is 78.9 Å². The van der Waals surface area contributed by atoms with Crippen molar-refractivity contribution in [1.82, 2.24) is 0 Å². The Morgan fingerprint density at radius 3 is 1.03 bits per heavy atom. The summed E-state index contributed by atoms with van der Waals surface area (Å²) in [5.74, 6) is -1.01. The SMILES string of the molecule is CCC\C=C/C=C\C=C/C=C\C=C/CCCCCCCC(=O)OCC(COC(=O)CCCCCCCCC/C=C\C/C=C\CCCCC)OC(=O)CCC/C=C\C/C=C\C/C=C\C/C=C\CCCCC. The van der Waals surface area contributed by atoms with E-state index in [4.69, 9.17) is 14.2 Å². The standard InChI is InChI=1S/C64H102O6/c1-4-7-10-13-16-19-22-25-28-31-34-36-39-42-45-48-51-54-57-63(66)69-60-61(70-64(67)58-55-52-49-46-43-40-37-33-30-27-24-21-18-15-12-9-6-3)59-68-62(65)56-53-50-47-44-41-38-35-32-29-26-23-20-17-14-11-8-5-2/h10,13,16-22,25-31,34,36-37,40,46,49,61H,4-9,11-12,14-15,23-24,32-33,35,38-39,41-45,47-48,50-60H2,1-3H3/b13-10-,19-16-,20-17-,21-18-,25-22-,29-26-,30-27-,31-28-,36-34-,40-37-,49-46-. The Morgan fingerprint density at radius 1 is 0.300 bits per heavy atom. The van der Waals surface area contributed by atoms with Gasteiger partial charge in [0.2, 0.25) is 0 Å². The van der Waals surface area contributed by atoms with Crippen LogP contribution in [0.3, 0.4) is 0 Å². The summed E-state index contributed by atoms with van der Waals surface area (Å²) in [6, 6.07) is 0. The first-order valence-electron chi connectivity index (χ1n) is 28.3. The monoisotopic (exact) mass is 967 g/mol. The third-order valence-corrected chi connectivity index (χ3v) is 11.5. The number of rotatable bonds is 49. The molecule has 0 aliphatic rings. The van der Waals surface area contributed by atoms with Crippen molar-refractivity contribution in [1.29, 1.82) is 0 Å². The number of carbonyl (C=O) groups is 3. The molecule has 0 radical (unpaired) electrons. The van der Waals surface area contributed by atoms with Gasteiger partial charge in [-0.05, 0) is 109 Å². The largest absolute Gasteiger partial charge is 0.462 e. The van der Waals surface area contributed by atoms with Gasteiger partial charge in [0.1, 0.15) is 13.2 Å². The van der Waals surface area contributed by atoms with Crippen molar-refractivity contribution in [2.45, 2.75) is 239 Å². The molecule has 0 aromatic carbocycles. The maximum atomic E-state index is 12.8. The van der Waals surface area contributed by atoms with Gasteiger partial charge >= 0.3 is 17.9 Å². The van der Waals surface area contributed by atoms with Crippen molar-refractivity contribution in [2.24, 2.45) is 0 Å². The summed E-state index contributed by atoms with van der Waals surface area (Å²) in [5, 5.41) is 0. The van der Waals surface area contributed by atoms with E-state index in [0.717, 1.165) is 103 Å². The Labute approximate surface area is 430 Å². The smallest absolute Gasteiger partial charge is 0.306 e. The van der Waals surface area contributed by atoms with Crippen molar-refractivity contribution in [2.75, 3.05) is 13.2 Å². The molecule has 0 amide bonds. The molecule has 394 valence electrons. The normalized spacial score (nSPS) is 13.1. The van der Waals surface area contributed by atoms with Gasteiger partial charge in [-0.15, -0.1) is 0 Å². The minimum absolute atomic E-state index is 0.117. The lowest BCUT2D eigenvalue weighted by molar-refractivity contribution is -0.167. The van der Waals surface area contributed by atoms with E-state index >= 15 is 0 Å². The Morgan fingerprint density at radius 2 is 0.614 bits per heavy atom. The highest BCUT2D eigenvalue weighted by atomic mass is 16.6. The molecule has 0 N–H and O–H groups in total. The first-order valence-corrected chi connectivity index (χ1v) is 28.3. The molecule has 0 fully saturated rings. The number of hydrogen-bond donors (Lipinski definition) is 0. The fourth-order valence-corrected chi connectivity index (χ4v) is 7.20. The van der Waals surface area contributed by atoms with Gasteiger partial charge < -0.3 is 14.2 Å². The number of unbranched alkanes of at least 4 members (excludes halogenated alkanes) is 20. The molecule has 0 spiro atoms. The Balaban J connectivity index is 4.57. The van der Waals surface area contributed by atoms with Crippen LogP contribution < -0.4 is 0 Å². The Hall–Kier alpha value is -4.45. The fraction of sp³-hybridized carbons (Fsp3) is 0.609. The van der Waals surface area contributed by atoms with Gasteiger partial charge in [-0.25, -0.2) is 0 Å². The van der Waals surface area contributed by atoms with Gasteiger partial charge in [0.25, 0.3) is 0 Å². The third-order valence-electron chi connectivity index (χ3n) is 11.5. The number of ether oxygens (including phenoxy) is 3. The van der Waals surface area contributed by atoms with E-state index in [1.165, 1.54) is 83.5 Å². The quantitative estimate of drug-likeness (QED) is 0.0199. The molecule has 6 nitrogen and oxygen atoms in total. The van der Waals surface area contributed by atoms with Crippen LogP contribution in [0.1, 0.15) is 233 Å². The Kier molecular flexibility index (Phi) is 53.5. The molecule has 6 heteroatoms. The van der Waals surface area contributed by atoms with E-state index in [-0.39, 0.29) is 37.5 Å². The van der Waals surface area contributed by atoms with E-state index in [9.17, 15) is 14.4 Å². The average Bonchev–Trinajstić information content (AvgIpc) is 3.36. The summed E-state index contributed by atoms with van der Waals surface area (Å²) in [6.45, 7) is 6.41. The molecule has 0 aliphatic carbocycles. The van der Waals surface area contributed by atoms with E-state index in [2.05, 4.69) is 124 Å². The zero-order chi connectivity index (χ0) is 50.7. The molecule has 1 unspecified atom stereocenters. The van der Waals surface area contributed by atoms with Crippen LogP contribution in [0.15, 0.2) is 134 Å². The number of carbonyl (C=O) groups excluding carboxylic acids is 3. The van der Waals surface area contributed by atoms with Crippen molar-refractivity contribution >= 4 is 17.9 Å². The molecule has 0 aromatic heterocycles. The predicted molar refractivity (Wildman–Crippen MR) is 302 cm³/mol. The van der Waals surface area contributed by atoms with Gasteiger partial charge in [0.15, 0.2) is 6.10 Å². The molecule has 0 saturated carbocycles. The van der Waals surface area contributed by atoms with Gasteiger partial charge in [-0.3, -0.25) is 14.4 Å². The summed E-state index contributed by atoms with van der Waals surface area (Å²) >= 11 is 0. The van der Waals surface area contributed by atoms with Crippen LogP contribution in [0.25, 0.3) is 0 Å². The highest BCUT2D eigenvalue weighted by Gasteiger charge is 2.19. The molecule has 70 heavy (non-hydrogen) atoms. The van der Waals surface area contributed by atoms with Gasteiger partial charge in [-0.2, -0.15) is 0 Å². The Bertz CT molecular complexity index is 1530. The maximum absolute atomic E-state index is 12.8. The average molecular weight is 968 g/mol. The number of esters is 3. The molecule has 1 atom stereocenters. The van der Waals surface area contributed by atoms with E-state index in [1.54, 1.807) is 0 Å². The zero-order valence-corrected chi connectivity index (χ0v) is 45.0. The summed E-state index contributed by atoms with van der Waals surface area (Å²) < 4.78 is 16.8. The molecule has 0 aliphatic heterocycles. The van der Waals surface area contributed by atoms with Crippen molar-refractivity contribution in [3.05, 3.63) is 134 Å². The number of hydrogen-bond acceptors (Lipinski definition) is 6. The maximum Gasteiger partial charge on any atom is 0.306 e. The molecule has 0 heterocycles. The second-order valence-corrected chi connectivity index (χ2v) is 18.3. The van der Waals surface area contributed by atoms with Crippen molar-refractivity contribution < 1.29 is 28.6 Å². The lowest BCUT2D eigenvalue weighted by Crippen LogP contribution is -2.30. The molecule has 0 rings (SSSR count). The molecular formula is C64H102O6. The van der Waals surface area contributed by atoms with Gasteiger partial charge in [-0.1, -0.05) is 238 Å². The molecule has 0 bridgehead atoms. The lowest BCUT2D eigenvalue weighted by Gasteiger charge is -2.18. The fourth-order valence-electron chi connectivity index (χ4n) is 7.20. The summed E-state index contributed by atoms with van der Waals surface area (Å²) in [4.78, 5) is 38.1. The molecular weight excluding hydrogens is 865 g/mol. The van der Waals surface area contributed by atoms with Crippen LogP contribution >= 0.6 is 0 Å². The van der Waals surface area contributed by atoms with Crippen LogP contribution in [-0.2, 0) is 28.6 Å². The first-order chi connectivity index (χ1) is 34.5. The summed E-state index contributed by atoms with van der Waals surface area (Å²) in [7, 11) is 0. The van der Waals surface area contributed by atoms with Crippen LogP contribution in [0, 0.1) is 0 Å². The van der Waals surface area contributed by atoms with Crippen molar-refractivity contribution in [3.63, 3.8) is 0 Å². The van der Waals surface area contributed by atoms with E-state index < -0.39 is 6.10 Å². The zero-order valence-electron chi connectivity index (χ0n) is 45.0. The van der Waals surface area contributed by atoms with Gasteiger partial charge in [0.05, 0.1) is 0 Å². The predicted octanol–water partition coefficient (Wildman–Crippen LogP) is 19.0. The van der Waals surface area contributed by atoms with Crippen LogP contribution in [0.4, 0.5) is 0 Å². The minimum atomic E-state index is -0.827. The highest BCUT2D eigenvalue weighted by molar-refractivity contribution is 5.71. The van der Waals surface area contributed by atoms with Crippen molar-refractivity contribution in [3.8, 4) is 0 Å². The van der Waals surface area contributed by atoms with Crippen LogP contribution in [-0.4, -0.2) is 37.2 Å². The third kappa shape index (κ3) is 54.5. The minimum Gasteiger partial charge on any atom is -0.462 e. The second kappa shape index (κ2) is 57.1. The highest BCUT2D eigenvalue weighted by Crippen LogP contribution is 2.13. The second-order valence-electron chi connectivity index (χ2n) is 18.3. The molecule has 0 saturated heterocycles. The number of allylic oxidation sites excluding steroid dienone is 22. The van der Waals surface area contributed by atoms with Crippen LogP contribution in [0.5, 0.6) is 0 Å². The lowest BCUT2D eigenvalue weighted by atomic mass is 10.1. The first kappa shape index (κ1) is 65.5. The summed E-state index contributed by atoms with van der Waals surface area (Å²) in [6.07, 6.45) is 80.0. The van der Waals surface area contributed by atoms with E-state index in [1.807, 2.05) is 30.4 Å². The van der Waals surface area contributed by atoms with Gasteiger partial charge in [0, 0.05) is 19.3 Å².